The molecule has 2 aliphatic rings. The minimum Gasteiger partial charge on any atom is -0.490 e. The molecule has 0 aromatic heterocycles. The molecular formula is C12H19NO3. The third kappa shape index (κ3) is 2.44. The van der Waals surface area contributed by atoms with Crippen LogP contribution in [0.1, 0.15) is 19.8 Å². The van der Waals surface area contributed by atoms with Crippen molar-refractivity contribution in [3.63, 3.8) is 0 Å². The van der Waals surface area contributed by atoms with Crippen LogP contribution in [0.4, 0.5) is 0 Å². The van der Waals surface area contributed by atoms with Gasteiger partial charge in [-0.3, -0.25) is 4.79 Å². The lowest BCUT2D eigenvalue weighted by molar-refractivity contribution is -0.123. The summed E-state index contributed by atoms with van der Waals surface area (Å²) in [6.45, 7) is 4.69. The first-order valence-electron chi connectivity index (χ1n) is 6.01. The van der Waals surface area contributed by atoms with E-state index in [2.05, 4.69) is 5.32 Å². The number of allylic oxidation sites excluding steroid dienone is 2. The van der Waals surface area contributed by atoms with Crippen molar-refractivity contribution in [1.82, 2.24) is 5.32 Å². The van der Waals surface area contributed by atoms with Gasteiger partial charge in [0.1, 0.15) is 0 Å². The van der Waals surface area contributed by atoms with Gasteiger partial charge in [0.2, 0.25) is 5.78 Å². The van der Waals surface area contributed by atoms with Gasteiger partial charge >= 0.3 is 0 Å². The van der Waals surface area contributed by atoms with Crippen molar-refractivity contribution in [1.29, 1.82) is 0 Å². The fraction of sp³-hybridized carbons (Fsp3) is 0.750. The summed E-state index contributed by atoms with van der Waals surface area (Å²) in [5, 5.41) is 3.29. The molecule has 2 aliphatic heterocycles. The molecule has 0 aliphatic carbocycles. The first-order chi connectivity index (χ1) is 7.83. The van der Waals surface area contributed by atoms with E-state index in [-0.39, 0.29) is 17.7 Å². The first-order valence-corrected chi connectivity index (χ1v) is 6.01. The van der Waals surface area contributed by atoms with Crippen LogP contribution in [0.15, 0.2) is 11.8 Å². The molecular weight excluding hydrogens is 206 g/mol. The van der Waals surface area contributed by atoms with Gasteiger partial charge in [0.25, 0.3) is 0 Å². The number of hydrogen-bond acceptors (Lipinski definition) is 4. The molecule has 2 atom stereocenters. The minimum atomic E-state index is -0.0794. The van der Waals surface area contributed by atoms with Gasteiger partial charge in [0.05, 0.1) is 25.7 Å². The van der Waals surface area contributed by atoms with Gasteiger partial charge in [-0.05, 0) is 25.5 Å². The van der Waals surface area contributed by atoms with Crippen molar-refractivity contribution in [3.8, 4) is 0 Å². The number of ether oxygens (including phenoxy) is 2. The Balaban J connectivity index is 2.00. The summed E-state index contributed by atoms with van der Waals surface area (Å²) in [6, 6.07) is 0.143. The third-order valence-corrected chi connectivity index (χ3v) is 3.06. The third-order valence-electron chi connectivity index (χ3n) is 3.06. The summed E-state index contributed by atoms with van der Waals surface area (Å²) in [5.74, 6) is 0.567. The molecule has 4 nitrogen and oxygen atoms in total. The van der Waals surface area contributed by atoms with Crippen LogP contribution in [0.5, 0.6) is 0 Å². The summed E-state index contributed by atoms with van der Waals surface area (Å²) in [7, 11) is 0. The highest BCUT2D eigenvalue weighted by atomic mass is 16.5. The Morgan fingerprint density at radius 2 is 2.44 bits per heavy atom. The lowest BCUT2D eigenvalue weighted by atomic mass is 9.96. The van der Waals surface area contributed by atoms with E-state index in [4.69, 9.17) is 9.47 Å². The molecule has 0 radical (unpaired) electrons. The second-order valence-corrected chi connectivity index (χ2v) is 4.23. The second kappa shape index (κ2) is 5.46. The highest BCUT2D eigenvalue weighted by molar-refractivity contribution is 5.96. The molecule has 2 unspecified atom stereocenters. The van der Waals surface area contributed by atoms with Gasteiger partial charge in [-0.25, -0.2) is 0 Å². The summed E-state index contributed by atoms with van der Waals surface area (Å²) < 4.78 is 10.8. The van der Waals surface area contributed by atoms with Gasteiger partial charge in [-0.1, -0.05) is 6.92 Å². The van der Waals surface area contributed by atoms with Gasteiger partial charge in [0, 0.05) is 6.04 Å². The zero-order chi connectivity index (χ0) is 11.4. The lowest BCUT2D eigenvalue weighted by Gasteiger charge is -2.20. The number of Topliss-reactive ketones (excluding diaryl/α,β-unsaturated/α-hetero) is 1. The molecule has 1 saturated heterocycles. The van der Waals surface area contributed by atoms with Crippen molar-refractivity contribution < 1.29 is 14.3 Å². The van der Waals surface area contributed by atoms with E-state index in [0.717, 1.165) is 19.4 Å². The van der Waals surface area contributed by atoms with Crippen LogP contribution in [0.25, 0.3) is 0 Å². The van der Waals surface area contributed by atoms with Crippen LogP contribution < -0.4 is 5.32 Å². The number of rotatable bonds is 4. The van der Waals surface area contributed by atoms with Crippen LogP contribution in [0, 0.1) is 5.92 Å². The standard InChI is InChI=1S/C12H19NO3/c1-2-13-10-8-15-7-9(10)12(14)11-5-3-4-6-16-11/h5,9-10,13H,2-4,6-8H2,1H3. The van der Waals surface area contributed by atoms with Gasteiger partial charge in [0.15, 0.2) is 5.76 Å². The number of ketones is 1. The van der Waals surface area contributed by atoms with E-state index in [1.165, 1.54) is 0 Å². The molecule has 0 aromatic carbocycles. The van der Waals surface area contributed by atoms with Crippen LogP contribution in [0.2, 0.25) is 0 Å². The number of hydrogen-bond donors (Lipinski definition) is 1. The summed E-state index contributed by atoms with van der Waals surface area (Å²) in [6.07, 6.45) is 3.86. The van der Waals surface area contributed by atoms with Crippen LogP contribution in [-0.4, -0.2) is 38.2 Å². The molecule has 0 bridgehead atoms. The zero-order valence-electron chi connectivity index (χ0n) is 9.70. The number of carbonyl (C=O) groups excluding carboxylic acids is 1. The molecule has 16 heavy (non-hydrogen) atoms. The molecule has 2 rings (SSSR count). The Bertz CT molecular complexity index is 288. The number of likely N-dealkylation sites (N-methyl/N-ethyl adjacent to an activating group) is 1. The fourth-order valence-electron chi connectivity index (χ4n) is 2.19. The highest BCUT2D eigenvalue weighted by Crippen LogP contribution is 2.21. The van der Waals surface area contributed by atoms with Crippen LogP contribution >= 0.6 is 0 Å². The number of carbonyl (C=O) groups is 1. The topological polar surface area (TPSA) is 47.6 Å². The maximum atomic E-state index is 12.2. The van der Waals surface area contributed by atoms with Crippen molar-refractivity contribution >= 4 is 5.78 Å². The predicted molar refractivity (Wildman–Crippen MR) is 60.0 cm³/mol. The molecule has 4 heteroatoms. The SMILES string of the molecule is CCNC1COCC1C(=O)C1=CCCCO1. The van der Waals surface area contributed by atoms with Gasteiger partial charge < -0.3 is 14.8 Å². The summed E-state index contributed by atoms with van der Waals surface area (Å²) in [5.41, 5.74) is 0. The normalized spacial score (nSPS) is 29.7. The van der Waals surface area contributed by atoms with Crippen molar-refractivity contribution in [2.24, 2.45) is 5.92 Å². The second-order valence-electron chi connectivity index (χ2n) is 4.23. The monoisotopic (exact) mass is 225 g/mol. The van der Waals surface area contributed by atoms with Crippen LogP contribution in [-0.2, 0) is 14.3 Å². The maximum Gasteiger partial charge on any atom is 0.204 e. The molecule has 0 aromatic rings. The molecule has 1 N–H and O–H groups in total. The Morgan fingerprint density at radius 3 is 3.12 bits per heavy atom. The van der Waals surface area contributed by atoms with E-state index < -0.39 is 0 Å². The van der Waals surface area contributed by atoms with Crippen molar-refractivity contribution in [2.45, 2.75) is 25.8 Å². The molecule has 2 heterocycles. The predicted octanol–water partition coefficient (Wildman–Crippen LogP) is 0.874. The van der Waals surface area contributed by atoms with E-state index >= 15 is 0 Å². The fourth-order valence-corrected chi connectivity index (χ4v) is 2.19. The average Bonchev–Trinajstić information content (AvgIpc) is 2.78. The molecule has 0 spiro atoms. The molecule has 0 amide bonds. The first kappa shape index (κ1) is 11.6. The van der Waals surface area contributed by atoms with Gasteiger partial charge in [-0.15, -0.1) is 0 Å². The Hall–Kier alpha value is -0.870. The largest absolute Gasteiger partial charge is 0.490 e. The van der Waals surface area contributed by atoms with E-state index in [0.29, 0.717) is 25.6 Å². The average molecular weight is 225 g/mol. The van der Waals surface area contributed by atoms with E-state index in [1.807, 2.05) is 13.0 Å². The van der Waals surface area contributed by atoms with Crippen LogP contribution in [0.3, 0.4) is 0 Å². The smallest absolute Gasteiger partial charge is 0.204 e. The maximum absolute atomic E-state index is 12.2. The summed E-state index contributed by atoms with van der Waals surface area (Å²) >= 11 is 0. The van der Waals surface area contributed by atoms with E-state index in [9.17, 15) is 4.79 Å². The zero-order valence-corrected chi connectivity index (χ0v) is 9.70. The molecule has 90 valence electrons. The van der Waals surface area contributed by atoms with Crippen molar-refractivity contribution in [3.05, 3.63) is 11.8 Å². The van der Waals surface area contributed by atoms with Gasteiger partial charge in [-0.2, -0.15) is 0 Å². The lowest BCUT2D eigenvalue weighted by Crippen LogP contribution is -2.40. The van der Waals surface area contributed by atoms with E-state index in [1.54, 1.807) is 0 Å². The Morgan fingerprint density at radius 1 is 1.56 bits per heavy atom. The molecule has 0 saturated carbocycles. The van der Waals surface area contributed by atoms with Crippen molar-refractivity contribution in [2.75, 3.05) is 26.4 Å². The minimum absolute atomic E-state index is 0.0794. The Kier molecular flexibility index (Phi) is 3.96. The quantitative estimate of drug-likeness (QED) is 0.771. The highest BCUT2D eigenvalue weighted by Gasteiger charge is 2.35. The Labute approximate surface area is 96.0 Å². The summed E-state index contributed by atoms with van der Waals surface area (Å²) in [4.78, 5) is 12.2. The molecule has 1 fully saturated rings. The number of nitrogens with one attached hydrogen (secondary N) is 1.